The predicted octanol–water partition coefficient (Wildman–Crippen LogP) is 4.46. The summed E-state index contributed by atoms with van der Waals surface area (Å²) < 4.78 is 27.0. The normalized spacial score (nSPS) is 12.4. The summed E-state index contributed by atoms with van der Waals surface area (Å²) in [5.74, 6) is 0.183. The second-order valence-electron chi connectivity index (χ2n) is 6.93. The van der Waals surface area contributed by atoms with Crippen molar-refractivity contribution in [1.82, 2.24) is 5.32 Å². The number of nitrogens with zero attached hydrogens (tertiary/aromatic N) is 1. The number of para-hydroxylation sites is 1. The summed E-state index contributed by atoms with van der Waals surface area (Å²) in [5.41, 5.74) is 0.723. The van der Waals surface area contributed by atoms with Crippen LogP contribution in [0.25, 0.3) is 0 Å². The molecule has 0 fully saturated rings. The molecule has 1 N–H and O–H groups in total. The van der Waals surface area contributed by atoms with Gasteiger partial charge in [-0.05, 0) is 36.6 Å². The van der Waals surface area contributed by atoms with Crippen molar-refractivity contribution in [2.45, 2.75) is 44.4 Å². The zero-order valence-electron chi connectivity index (χ0n) is 16.9. The Balaban J connectivity index is 2.21. The van der Waals surface area contributed by atoms with Gasteiger partial charge in [-0.2, -0.15) is 0 Å². The van der Waals surface area contributed by atoms with Crippen LogP contribution in [0.2, 0.25) is 0 Å². The first-order valence-electron chi connectivity index (χ1n) is 9.83. The highest BCUT2D eigenvalue weighted by molar-refractivity contribution is 7.92. The third-order valence-electron chi connectivity index (χ3n) is 4.98. The number of rotatable bonds is 10. The van der Waals surface area contributed by atoms with Crippen LogP contribution in [0.3, 0.4) is 0 Å². The Morgan fingerprint density at radius 2 is 1.68 bits per heavy atom. The highest BCUT2D eigenvalue weighted by Crippen LogP contribution is 2.25. The van der Waals surface area contributed by atoms with E-state index < -0.39 is 10.0 Å². The molecule has 2 aromatic rings. The highest BCUT2D eigenvalue weighted by Gasteiger charge is 2.25. The van der Waals surface area contributed by atoms with Crippen molar-refractivity contribution in [2.75, 3.05) is 17.9 Å². The second-order valence-corrected chi connectivity index (χ2v) is 8.90. The molecule has 0 aromatic heterocycles. The number of sulfonamides is 1. The Hall–Kier alpha value is -2.34. The first-order valence-corrected chi connectivity index (χ1v) is 11.3. The average Bonchev–Trinajstić information content (AvgIpc) is 2.73. The molecule has 0 aliphatic rings. The van der Waals surface area contributed by atoms with Crippen LogP contribution < -0.4 is 9.62 Å². The van der Waals surface area contributed by atoms with Gasteiger partial charge >= 0.3 is 0 Å². The molecule has 0 spiro atoms. The number of unbranched alkanes of at least 4 members (excludes halogenated alkanes) is 1. The van der Waals surface area contributed by atoms with E-state index in [1.165, 1.54) is 11.4 Å². The molecule has 0 saturated carbocycles. The Morgan fingerprint density at radius 1 is 1.04 bits per heavy atom. The smallest absolute Gasteiger partial charge is 0.264 e. The predicted molar refractivity (Wildman–Crippen MR) is 114 cm³/mol. The summed E-state index contributed by atoms with van der Waals surface area (Å²) in [7, 11) is -2.27. The van der Waals surface area contributed by atoms with Crippen molar-refractivity contribution in [3.63, 3.8) is 0 Å². The number of anilines is 1. The van der Waals surface area contributed by atoms with E-state index in [1.54, 1.807) is 54.6 Å². The summed E-state index contributed by atoms with van der Waals surface area (Å²) in [6.45, 7) is 4.88. The fraction of sp³-hybridized carbons (Fsp3) is 0.409. The standard InChI is InChI=1S/C22H30N2O3S/c1-4-6-12-18(5-2)17-23-22(25)20-15-10-11-16-21(20)24(3)28(26,27)19-13-8-7-9-14-19/h7-11,13-16,18H,4-6,12,17H2,1-3H3,(H,23,25)/t18-/m0/s1. The molecule has 0 bridgehead atoms. The third-order valence-corrected chi connectivity index (χ3v) is 6.77. The largest absolute Gasteiger partial charge is 0.352 e. The molecular formula is C22H30N2O3S. The number of carbonyl (C=O) groups excluding carboxylic acids is 1. The van der Waals surface area contributed by atoms with Crippen LogP contribution >= 0.6 is 0 Å². The fourth-order valence-corrected chi connectivity index (χ4v) is 4.33. The molecule has 2 aromatic carbocycles. The van der Waals surface area contributed by atoms with Crippen molar-refractivity contribution < 1.29 is 13.2 Å². The first kappa shape index (κ1) is 22.0. The van der Waals surface area contributed by atoms with E-state index in [9.17, 15) is 13.2 Å². The van der Waals surface area contributed by atoms with Crippen molar-refractivity contribution in [1.29, 1.82) is 0 Å². The lowest BCUT2D eigenvalue weighted by Crippen LogP contribution is -2.32. The Bertz CT molecular complexity index is 866. The van der Waals surface area contributed by atoms with Crippen LogP contribution in [0.5, 0.6) is 0 Å². The average molecular weight is 403 g/mol. The zero-order chi connectivity index (χ0) is 20.6. The van der Waals surface area contributed by atoms with Gasteiger partial charge in [0.25, 0.3) is 15.9 Å². The summed E-state index contributed by atoms with van der Waals surface area (Å²) in [5, 5.41) is 2.98. The number of benzene rings is 2. The highest BCUT2D eigenvalue weighted by atomic mass is 32.2. The number of nitrogens with one attached hydrogen (secondary N) is 1. The molecule has 0 saturated heterocycles. The maximum atomic E-state index is 12.9. The summed E-state index contributed by atoms with van der Waals surface area (Å²) in [6, 6.07) is 15.0. The van der Waals surface area contributed by atoms with Gasteiger partial charge < -0.3 is 5.32 Å². The van der Waals surface area contributed by atoms with E-state index in [2.05, 4.69) is 19.2 Å². The van der Waals surface area contributed by atoms with Crippen LogP contribution in [-0.4, -0.2) is 27.9 Å². The zero-order valence-corrected chi connectivity index (χ0v) is 17.7. The molecule has 0 heterocycles. The summed E-state index contributed by atoms with van der Waals surface area (Å²) >= 11 is 0. The lowest BCUT2D eigenvalue weighted by Gasteiger charge is -2.22. The Morgan fingerprint density at radius 3 is 2.32 bits per heavy atom. The first-order chi connectivity index (χ1) is 13.4. The second kappa shape index (κ2) is 10.3. The van der Waals surface area contributed by atoms with Gasteiger partial charge in [0.15, 0.2) is 0 Å². The minimum absolute atomic E-state index is 0.193. The van der Waals surface area contributed by atoms with Crippen LogP contribution in [0.4, 0.5) is 5.69 Å². The molecule has 152 valence electrons. The number of hydrogen-bond acceptors (Lipinski definition) is 3. The SMILES string of the molecule is CCCC[C@H](CC)CNC(=O)c1ccccc1N(C)S(=O)(=O)c1ccccc1. The molecular weight excluding hydrogens is 372 g/mol. The summed E-state index contributed by atoms with van der Waals surface area (Å²) in [4.78, 5) is 13.0. The van der Waals surface area contributed by atoms with E-state index in [-0.39, 0.29) is 10.8 Å². The number of hydrogen-bond donors (Lipinski definition) is 1. The molecule has 1 amide bonds. The quantitative estimate of drug-likeness (QED) is 0.638. The molecule has 0 aliphatic carbocycles. The Kier molecular flexibility index (Phi) is 8.05. The van der Waals surface area contributed by atoms with Crippen LogP contribution in [-0.2, 0) is 10.0 Å². The molecule has 1 atom stereocenters. The lowest BCUT2D eigenvalue weighted by molar-refractivity contribution is 0.0946. The number of amides is 1. The topological polar surface area (TPSA) is 66.5 Å². The molecule has 0 aliphatic heterocycles. The maximum Gasteiger partial charge on any atom is 0.264 e. The Labute approximate surface area is 168 Å². The van der Waals surface area contributed by atoms with Gasteiger partial charge in [0, 0.05) is 13.6 Å². The van der Waals surface area contributed by atoms with E-state index in [4.69, 9.17) is 0 Å². The van der Waals surface area contributed by atoms with Crippen LogP contribution in [0, 0.1) is 5.92 Å². The molecule has 2 rings (SSSR count). The van der Waals surface area contributed by atoms with Gasteiger partial charge in [-0.25, -0.2) is 8.42 Å². The molecule has 6 heteroatoms. The third kappa shape index (κ3) is 5.35. The van der Waals surface area contributed by atoms with Crippen molar-refractivity contribution in [3.05, 3.63) is 60.2 Å². The van der Waals surface area contributed by atoms with Gasteiger partial charge in [-0.15, -0.1) is 0 Å². The summed E-state index contributed by atoms with van der Waals surface area (Å²) in [6.07, 6.45) is 4.36. The van der Waals surface area contributed by atoms with Crippen molar-refractivity contribution in [3.8, 4) is 0 Å². The van der Waals surface area contributed by atoms with Crippen LogP contribution in [0.1, 0.15) is 49.9 Å². The van der Waals surface area contributed by atoms with Gasteiger partial charge in [-0.3, -0.25) is 9.10 Å². The minimum atomic E-state index is -3.74. The van der Waals surface area contributed by atoms with E-state index in [0.717, 1.165) is 25.7 Å². The van der Waals surface area contributed by atoms with Gasteiger partial charge in [0.1, 0.15) is 0 Å². The van der Waals surface area contributed by atoms with E-state index in [1.807, 2.05) is 0 Å². The lowest BCUT2D eigenvalue weighted by atomic mass is 9.99. The van der Waals surface area contributed by atoms with Gasteiger partial charge in [0.05, 0.1) is 16.1 Å². The van der Waals surface area contributed by atoms with E-state index in [0.29, 0.717) is 23.7 Å². The molecule has 5 nitrogen and oxygen atoms in total. The number of carbonyl (C=O) groups is 1. The monoisotopic (exact) mass is 402 g/mol. The molecule has 0 unspecified atom stereocenters. The van der Waals surface area contributed by atoms with Crippen molar-refractivity contribution in [2.24, 2.45) is 5.92 Å². The van der Waals surface area contributed by atoms with Crippen LogP contribution in [0.15, 0.2) is 59.5 Å². The van der Waals surface area contributed by atoms with Gasteiger partial charge in [-0.1, -0.05) is 63.4 Å². The fourth-order valence-electron chi connectivity index (χ4n) is 3.10. The van der Waals surface area contributed by atoms with E-state index >= 15 is 0 Å². The van der Waals surface area contributed by atoms with Gasteiger partial charge in [0.2, 0.25) is 0 Å². The van der Waals surface area contributed by atoms with Crippen molar-refractivity contribution >= 4 is 21.6 Å². The molecule has 0 radical (unpaired) electrons. The maximum absolute atomic E-state index is 12.9. The molecule has 28 heavy (non-hydrogen) atoms. The minimum Gasteiger partial charge on any atom is -0.352 e.